The molecule has 4 rings (SSSR count). The fourth-order valence-electron chi connectivity index (χ4n) is 3.83. The Kier molecular flexibility index (Phi) is 8.56. The highest BCUT2D eigenvalue weighted by Crippen LogP contribution is 2.33. The molecule has 1 aromatic carbocycles. The first-order chi connectivity index (χ1) is 17.3. The Bertz CT molecular complexity index is 1350. The predicted octanol–water partition coefficient (Wildman–Crippen LogP) is 4.67. The summed E-state index contributed by atoms with van der Waals surface area (Å²) in [4.78, 5) is 33.4. The molecule has 0 bridgehead atoms. The number of carbonyl (C=O) groups is 1. The molecule has 1 fully saturated rings. The van der Waals surface area contributed by atoms with Crippen molar-refractivity contribution in [2.24, 2.45) is 0 Å². The van der Waals surface area contributed by atoms with Crippen molar-refractivity contribution in [3.8, 4) is 0 Å². The SMILES string of the molecule is Cc1ccc2nc(NCCCOC(C)C)c(C=C3SC(=S)N(CCc4ccccc4)C3=O)c(=O)n2c1. The number of rotatable bonds is 10. The summed E-state index contributed by atoms with van der Waals surface area (Å²) in [5.41, 5.74) is 2.72. The number of thioether (sulfide) groups is 1. The van der Waals surface area contributed by atoms with Gasteiger partial charge in [-0.15, -0.1) is 0 Å². The van der Waals surface area contributed by atoms with Crippen molar-refractivity contribution >= 4 is 51.7 Å². The third kappa shape index (κ3) is 6.21. The van der Waals surface area contributed by atoms with Gasteiger partial charge in [-0.2, -0.15) is 0 Å². The topological polar surface area (TPSA) is 75.9 Å². The fraction of sp³-hybridized carbons (Fsp3) is 0.333. The number of nitrogens with one attached hydrogen (secondary N) is 1. The van der Waals surface area contributed by atoms with Crippen LogP contribution in [0.2, 0.25) is 0 Å². The molecular formula is C27H30N4O3S2. The molecule has 0 radical (unpaired) electrons. The first kappa shape index (κ1) is 26.1. The molecule has 36 heavy (non-hydrogen) atoms. The zero-order valence-corrected chi connectivity index (χ0v) is 22.3. The number of carbonyl (C=O) groups excluding carboxylic acids is 1. The minimum atomic E-state index is -0.237. The van der Waals surface area contributed by atoms with Crippen molar-refractivity contribution < 1.29 is 9.53 Å². The molecule has 3 heterocycles. The number of hydrogen-bond donors (Lipinski definition) is 1. The molecule has 188 valence electrons. The average molecular weight is 523 g/mol. The number of aromatic nitrogens is 2. The zero-order valence-electron chi connectivity index (χ0n) is 20.7. The first-order valence-electron chi connectivity index (χ1n) is 12.0. The van der Waals surface area contributed by atoms with E-state index < -0.39 is 0 Å². The van der Waals surface area contributed by atoms with Gasteiger partial charge in [-0.05, 0) is 56.9 Å². The number of ether oxygens (including phenoxy) is 1. The summed E-state index contributed by atoms with van der Waals surface area (Å²) in [6.45, 7) is 7.59. The van der Waals surface area contributed by atoms with Gasteiger partial charge in [0.15, 0.2) is 0 Å². The molecule has 0 aliphatic carbocycles. The van der Waals surface area contributed by atoms with Gasteiger partial charge < -0.3 is 10.1 Å². The highest BCUT2D eigenvalue weighted by Gasteiger charge is 2.32. The standard InChI is InChI=1S/C27H30N4O3S2/c1-18(2)34-15-7-13-28-24-21(25(32)31-17-19(3)10-11-23(31)29-24)16-22-26(33)30(27(35)36-22)14-12-20-8-5-4-6-9-20/h4-6,8-11,16-18,28H,7,12-15H2,1-3H3. The fourth-order valence-corrected chi connectivity index (χ4v) is 5.12. The molecule has 1 aliphatic rings. The summed E-state index contributed by atoms with van der Waals surface area (Å²) in [5, 5.41) is 3.28. The Labute approximate surface area is 220 Å². The number of hydrogen-bond acceptors (Lipinski definition) is 7. The molecule has 1 saturated heterocycles. The van der Waals surface area contributed by atoms with Crippen molar-refractivity contribution in [2.45, 2.75) is 39.7 Å². The van der Waals surface area contributed by atoms with Gasteiger partial charge in [-0.1, -0.05) is 60.4 Å². The molecule has 1 aliphatic heterocycles. The van der Waals surface area contributed by atoms with E-state index in [1.807, 2.05) is 63.2 Å². The molecule has 1 N–H and O–H groups in total. The van der Waals surface area contributed by atoms with E-state index in [1.165, 1.54) is 16.2 Å². The number of amides is 1. The lowest BCUT2D eigenvalue weighted by molar-refractivity contribution is -0.122. The van der Waals surface area contributed by atoms with Crippen LogP contribution in [0.3, 0.4) is 0 Å². The average Bonchev–Trinajstić information content (AvgIpc) is 3.12. The largest absolute Gasteiger partial charge is 0.379 e. The number of pyridine rings is 1. The Morgan fingerprint density at radius 3 is 2.69 bits per heavy atom. The summed E-state index contributed by atoms with van der Waals surface area (Å²) in [7, 11) is 0. The molecule has 0 unspecified atom stereocenters. The lowest BCUT2D eigenvalue weighted by Crippen LogP contribution is -2.30. The lowest BCUT2D eigenvalue weighted by atomic mass is 10.1. The van der Waals surface area contributed by atoms with Crippen molar-refractivity contribution in [1.29, 1.82) is 0 Å². The van der Waals surface area contributed by atoms with Gasteiger partial charge in [0.1, 0.15) is 15.8 Å². The Balaban J connectivity index is 1.61. The van der Waals surface area contributed by atoms with Gasteiger partial charge in [0, 0.05) is 25.9 Å². The summed E-state index contributed by atoms with van der Waals surface area (Å²) in [6, 6.07) is 13.7. The number of anilines is 1. The minimum absolute atomic E-state index is 0.163. The molecular weight excluding hydrogens is 492 g/mol. The molecule has 0 atom stereocenters. The van der Waals surface area contributed by atoms with Gasteiger partial charge in [0.25, 0.3) is 11.5 Å². The van der Waals surface area contributed by atoms with Crippen LogP contribution < -0.4 is 10.9 Å². The van der Waals surface area contributed by atoms with Gasteiger partial charge >= 0.3 is 0 Å². The van der Waals surface area contributed by atoms with E-state index in [2.05, 4.69) is 5.32 Å². The maximum absolute atomic E-state index is 13.5. The molecule has 2 aromatic heterocycles. The minimum Gasteiger partial charge on any atom is -0.379 e. The van der Waals surface area contributed by atoms with Crippen LogP contribution in [-0.2, 0) is 16.0 Å². The first-order valence-corrected chi connectivity index (χ1v) is 13.2. The third-order valence-corrected chi connectivity index (χ3v) is 7.06. The Morgan fingerprint density at radius 1 is 1.17 bits per heavy atom. The van der Waals surface area contributed by atoms with Crippen LogP contribution in [-0.4, -0.2) is 50.3 Å². The second-order valence-electron chi connectivity index (χ2n) is 8.88. The molecule has 0 spiro atoms. The van der Waals surface area contributed by atoms with E-state index in [0.29, 0.717) is 52.4 Å². The summed E-state index contributed by atoms with van der Waals surface area (Å²) < 4.78 is 7.62. The van der Waals surface area contributed by atoms with E-state index in [0.717, 1.165) is 17.5 Å². The second-order valence-corrected chi connectivity index (χ2v) is 10.6. The number of thiocarbonyl (C=S) groups is 1. The van der Waals surface area contributed by atoms with Crippen LogP contribution in [0, 0.1) is 6.92 Å². The number of benzene rings is 1. The van der Waals surface area contributed by atoms with E-state index in [-0.39, 0.29) is 17.6 Å². The van der Waals surface area contributed by atoms with Crippen LogP contribution in [0.4, 0.5) is 5.82 Å². The van der Waals surface area contributed by atoms with E-state index >= 15 is 0 Å². The highest BCUT2D eigenvalue weighted by atomic mass is 32.2. The summed E-state index contributed by atoms with van der Waals surface area (Å²) in [6.07, 6.45) is 5.00. The normalized spacial score (nSPS) is 15.0. The smallest absolute Gasteiger partial charge is 0.267 e. The Hall–Kier alpha value is -3.01. The monoisotopic (exact) mass is 522 g/mol. The van der Waals surface area contributed by atoms with Crippen LogP contribution in [0.1, 0.15) is 37.0 Å². The van der Waals surface area contributed by atoms with Gasteiger partial charge in [0.05, 0.1) is 16.6 Å². The number of fused-ring (bicyclic) bond motifs is 1. The summed E-state index contributed by atoms with van der Waals surface area (Å²) in [5.74, 6) is 0.258. The van der Waals surface area contributed by atoms with Gasteiger partial charge in [-0.3, -0.25) is 18.9 Å². The quantitative estimate of drug-likeness (QED) is 0.236. The second kappa shape index (κ2) is 11.8. The van der Waals surface area contributed by atoms with Crippen molar-refractivity contribution in [3.63, 3.8) is 0 Å². The molecule has 9 heteroatoms. The summed E-state index contributed by atoms with van der Waals surface area (Å²) >= 11 is 6.72. The maximum Gasteiger partial charge on any atom is 0.267 e. The van der Waals surface area contributed by atoms with Crippen LogP contribution in [0.15, 0.2) is 58.4 Å². The van der Waals surface area contributed by atoms with Crippen molar-refractivity contribution in [3.05, 3.63) is 80.6 Å². The van der Waals surface area contributed by atoms with E-state index in [4.69, 9.17) is 21.9 Å². The maximum atomic E-state index is 13.5. The van der Waals surface area contributed by atoms with Crippen LogP contribution >= 0.6 is 24.0 Å². The third-order valence-electron chi connectivity index (χ3n) is 5.69. The molecule has 7 nitrogen and oxygen atoms in total. The molecule has 3 aromatic rings. The lowest BCUT2D eigenvalue weighted by Gasteiger charge is -2.14. The predicted molar refractivity (Wildman–Crippen MR) is 150 cm³/mol. The van der Waals surface area contributed by atoms with Gasteiger partial charge in [-0.25, -0.2) is 4.98 Å². The van der Waals surface area contributed by atoms with Crippen molar-refractivity contribution in [1.82, 2.24) is 14.3 Å². The molecule has 1 amide bonds. The van der Waals surface area contributed by atoms with E-state index in [1.54, 1.807) is 17.2 Å². The van der Waals surface area contributed by atoms with Gasteiger partial charge in [0.2, 0.25) is 0 Å². The van der Waals surface area contributed by atoms with Crippen molar-refractivity contribution in [2.75, 3.05) is 25.0 Å². The highest BCUT2D eigenvalue weighted by molar-refractivity contribution is 8.26. The zero-order chi connectivity index (χ0) is 25.7. The number of aryl methyl sites for hydroxylation is 1. The Morgan fingerprint density at radius 2 is 1.94 bits per heavy atom. The van der Waals surface area contributed by atoms with E-state index in [9.17, 15) is 9.59 Å². The van der Waals surface area contributed by atoms with Crippen LogP contribution in [0.5, 0.6) is 0 Å². The van der Waals surface area contributed by atoms with Crippen LogP contribution in [0.25, 0.3) is 11.7 Å². The molecule has 0 saturated carbocycles. The number of nitrogens with zero attached hydrogens (tertiary/aromatic N) is 3.